The fraction of sp³-hybridized carbons (Fsp3) is 0.400. The number of allylic oxidation sites excluding steroid dienone is 1. The molecule has 39 heavy (non-hydrogen) atoms. The highest BCUT2D eigenvalue weighted by Crippen LogP contribution is 2.61. The number of hydrogen-bond acceptors (Lipinski definition) is 8. The molecule has 1 spiro atoms. The van der Waals surface area contributed by atoms with Crippen molar-refractivity contribution in [2.75, 3.05) is 32.3 Å². The number of nitrogens with one attached hydrogen (secondary N) is 1. The molecule has 2 heterocycles. The van der Waals surface area contributed by atoms with Gasteiger partial charge in [0.2, 0.25) is 5.43 Å². The van der Waals surface area contributed by atoms with E-state index in [0.29, 0.717) is 11.4 Å². The van der Waals surface area contributed by atoms with E-state index in [0.717, 1.165) is 18.3 Å². The van der Waals surface area contributed by atoms with Crippen LogP contribution in [0.2, 0.25) is 0 Å². The Morgan fingerprint density at radius 1 is 1.18 bits per heavy atom. The summed E-state index contributed by atoms with van der Waals surface area (Å²) in [5, 5.41) is 15.0. The first-order valence-electron chi connectivity index (χ1n) is 12.2. The Morgan fingerprint density at radius 3 is 2.46 bits per heavy atom. The van der Waals surface area contributed by atoms with Gasteiger partial charge in [-0.05, 0) is 38.8 Å². The number of pyridine rings is 1. The van der Waals surface area contributed by atoms with Crippen LogP contribution >= 0.6 is 7.60 Å². The van der Waals surface area contributed by atoms with E-state index in [1.807, 2.05) is 0 Å². The SMILES string of the molecule is CCOP(=O)(OCC)C1=CC2(CC1)N(C)C(=O)c1c(O)c(=O)c(C(=O)NCc3ccc(F)cc3F)cn1N2C. The number of carbonyl (C=O) groups is 2. The van der Waals surface area contributed by atoms with Crippen LogP contribution in [0, 0.1) is 11.6 Å². The normalized spacial score (nSPS) is 18.9. The van der Waals surface area contributed by atoms with Gasteiger partial charge in [0.05, 0.1) is 13.2 Å². The molecule has 1 unspecified atom stereocenters. The second-order valence-corrected chi connectivity index (χ2v) is 11.2. The largest absolute Gasteiger partial charge is 0.502 e. The van der Waals surface area contributed by atoms with Crippen LogP contribution < -0.4 is 15.8 Å². The predicted octanol–water partition coefficient (Wildman–Crippen LogP) is 3.06. The molecule has 0 radical (unpaired) electrons. The van der Waals surface area contributed by atoms with Crippen LogP contribution in [0.15, 0.2) is 40.6 Å². The van der Waals surface area contributed by atoms with Gasteiger partial charge in [0.1, 0.15) is 22.9 Å². The summed E-state index contributed by atoms with van der Waals surface area (Å²) in [4.78, 5) is 40.5. The minimum Gasteiger partial charge on any atom is -0.502 e. The molecule has 14 heteroatoms. The quantitative estimate of drug-likeness (QED) is 0.467. The minimum absolute atomic E-state index is 0.0171. The average Bonchev–Trinajstić information content (AvgIpc) is 3.35. The Balaban J connectivity index is 1.73. The Morgan fingerprint density at radius 2 is 1.85 bits per heavy atom. The first kappa shape index (κ1) is 28.5. The molecule has 0 saturated carbocycles. The summed E-state index contributed by atoms with van der Waals surface area (Å²) >= 11 is 0. The average molecular weight is 566 g/mol. The Bertz CT molecular complexity index is 1470. The molecule has 1 aliphatic heterocycles. The molecule has 0 saturated heterocycles. The lowest BCUT2D eigenvalue weighted by atomic mass is 10.0. The van der Waals surface area contributed by atoms with Crippen molar-refractivity contribution in [3.63, 3.8) is 0 Å². The summed E-state index contributed by atoms with van der Waals surface area (Å²) in [7, 11) is -0.572. The standard InChI is InChI=1S/C25H29F2N4O7P/c1-5-37-39(36,38-6-2)17-9-10-25(12-17)29(3)24(35)20-22(33)21(32)18(14-31(20)30(25)4)23(34)28-13-15-7-8-16(26)11-19(15)27/h7-8,11-12,14,33H,5-6,9-10,13H2,1-4H3,(H,28,34). The molecule has 2 N–H and O–H groups in total. The number of likely N-dealkylation sites (N-methyl/N-ethyl adjacent to an activating group) is 2. The second-order valence-electron chi connectivity index (χ2n) is 9.07. The Hall–Kier alpha value is -3.54. The highest BCUT2D eigenvalue weighted by molar-refractivity contribution is 7.58. The number of halogens is 2. The minimum atomic E-state index is -3.64. The van der Waals surface area contributed by atoms with Crippen molar-refractivity contribution in [2.45, 2.75) is 38.9 Å². The lowest BCUT2D eigenvalue weighted by Crippen LogP contribution is -2.66. The number of aromatic hydroxyl groups is 1. The van der Waals surface area contributed by atoms with Gasteiger partial charge in [0.15, 0.2) is 11.4 Å². The van der Waals surface area contributed by atoms with Crippen molar-refractivity contribution in [1.82, 2.24) is 14.9 Å². The van der Waals surface area contributed by atoms with Crippen molar-refractivity contribution < 1.29 is 37.1 Å². The molecular formula is C25H29F2N4O7P. The maximum absolute atomic E-state index is 14.0. The first-order valence-corrected chi connectivity index (χ1v) is 13.8. The van der Waals surface area contributed by atoms with E-state index in [9.17, 15) is 32.8 Å². The van der Waals surface area contributed by atoms with Gasteiger partial charge < -0.3 is 24.4 Å². The molecule has 1 aromatic carbocycles. The third-order valence-electron chi connectivity index (χ3n) is 6.93. The molecule has 1 aromatic heterocycles. The van der Waals surface area contributed by atoms with Crippen LogP contribution in [-0.2, 0) is 20.2 Å². The number of fused-ring (bicyclic) bond motifs is 1. The van der Waals surface area contributed by atoms with Crippen molar-refractivity contribution in [1.29, 1.82) is 0 Å². The van der Waals surface area contributed by atoms with Crippen LogP contribution in [0.4, 0.5) is 8.78 Å². The van der Waals surface area contributed by atoms with E-state index in [2.05, 4.69) is 5.32 Å². The van der Waals surface area contributed by atoms with Crippen molar-refractivity contribution in [3.05, 3.63) is 74.5 Å². The highest BCUT2D eigenvalue weighted by Gasteiger charge is 2.52. The van der Waals surface area contributed by atoms with E-state index >= 15 is 0 Å². The zero-order chi connectivity index (χ0) is 28.7. The number of amides is 2. The van der Waals surface area contributed by atoms with Gasteiger partial charge in [-0.15, -0.1) is 0 Å². The van der Waals surface area contributed by atoms with Crippen LogP contribution in [0.1, 0.15) is 53.1 Å². The summed E-state index contributed by atoms with van der Waals surface area (Å²) in [6.07, 6.45) is 3.28. The molecule has 2 amide bonds. The third-order valence-corrected chi connectivity index (χ3v) is 9.18. The molecule has 0 fully saturated rings. The summed E-state index contributed by atoms with van der Waals surface area (Å²) in [6, 6.07) is 2.85. The molecule has 0 bridgehead atoms. The lowest BCUT2D eigenvalue weighted by molar-refractivity contribution is 0.0511. The molecule has 210 valence electrons. The topological polar surface area (TPSA) is 130 Å². The van der Waals surface area contributed by atoms with Gasteiger partial charge >= 0.3 is 7.60 Å². The molecule has 2 aromatic rings. The predicted molar refractivity (Wildman–Crippen MR) is 137 cm³/mol. The van der Waals surface area contributed by atoms with Crippen LogP contribution in [0.3, 0.4) is 0 Å². The van der Waals surface area contributed by atoms with E-state index in [1.165, 1.54) is 21.6 Å². The maximum atomic E-state index is 14.0. The number of benzene rings is 1. The number of aromatic nitrogens is 1. The van der Waals surface area contributed by atoms with Crippen molar-refractivity contribution >= 4 is 19.4 Å². The fourth-order valence-electron chi connectivity index (χ4n) is 4.86. The van der Waals surface area contributed by atoms with E-state index < -0.39 is 53.4 Å². The molecule has 1 atom stereocenters. The van der Waals surface area contributed by atoms with Crippen LogP contribution in [0.25, 0.3) is 0 Å². The van der Waals surface area contributed by atoms with Gasteiger partial charge in [0, 0.05) is 43.8 Å². The molecule has 2 aliphatic rings. The smallest absolute Gasteiger partial charge is 0.357 e. The highest BCUT2D eigenvalue weighted by atomic mass is 31.2. The second kappa shape index (κ2) is 10.6. The zero-order valence-electron chi connectivity index (χ0n) is 21.9. The maximum Gasteiger partial charge on any atom is 0.357 e. The number of carbonyl (C=O) groups excluding carboxylic acids is 2. The first-order chi connectivity index (χ1) is 18.4. The van der Waals surface area contributed by atoms with Gasteiger partial charge in [0.25, 0.3) is 11.8 Å². The van der Waals surface area contributed by atoms with E-state index in [4.69, 9.17) is 9.05 Å². The molecule has 1 aliphatic carbocycles. The van der Waals surface area contributed by atoms with Crippen LogP contribution in [-0.4, -0.2) is 59.5 Å². The number of hydrogen-bond donors (Lipinski definition) is 2. The summed E-state index contributed by atoms with van der Waals surface area (Å²) in [6.45, 7) is 3.30. The number of rotatable bonds is 8. The van der Waals surface area contributed by atoms with Crippen LogP contribution in [0.5, 0.6) is 5.75 Å². The number of nitrogens with zero attached hydrogens (tertiary/aromatic N) is 3. The molecule has 4 rings (SSSR count). The summed E-state index contributed by atoms with van der Waals surface area (Å²) in [5.41, 5.74) is -3.16. The van der Waals surface area contributed by atoms with E-state index in [-0.39, 0.29) is 43.9 Å². The fourth-order valence-corrected chi connectivity index (χ4v) is 6.70. The van der Waals surface area contributed by atoms with Gasteiger partial charge in [-0.3, -0.25) is 28.6 Å². The summed E-state index contributed by atoms with van der Waals surface area (Å²) < 4.78 is 52.8. The molecule has 11 nitrogen and oxygen atoms in total. The van der Waals surface area contributed by atoms with Crippen molar-refractivity contribution in [3.8, 4) is 5.75 Å². The molecular weight excluding hydrogens is 537 g/mol. The van der Waals surface area contributed by atoms with E-state index in [1.54, 1.807) is 27.0 Å². The zero-order valence-corrected chi connectivity index (χ0v) is 22.8. The van der Waals surface area contributed by atoms with Crippen molar-refractivity contribution in [2.24, 2.45) is 0 Å². The summed E-state index contributed by atoms with van der Waals surface area (Å²) in [5.74, 6) is -4.25. The van der Waals surface area contributed by atoms with Gasteiger partial charge in [-0.2, -0.15) is 0 Å². The Labute approximate surface area is 223 Å². The Kier molecular flexibility index (Phi) is 7.70. The van der Waals surface area contributed by atoms with Gasteiger partial charge in [-0.1, -0.05) is 6.07 Å². The monoisotopic (exact) mass is 566 g/mol. The third kappa shape index (κ3) is 4.75. The van der Waals surface area contributed by atoms with Gasteiger partial charge in [-0.25, -0.2) is 8.78 Å². The lowest BCUT2D eigenvalue weighted by Gasteiger charge is -2.50.